The summed E-state index contributed by atoms with van der Waals surface area (Å²) in [5, 5.41) is 30.5. The van der Waals surface area contributed by atoms with Crippen LogP contribution in [0.4, 0.5) is 5.69 Å². The highest BCUT2D eigenvalue weighted by Crippen LogP contribution is 2.31. The maximum atomic E-state index is 11.2. The zero-order valence-electron chi connectivity index (χ0n) is 17.4. The molecule has 0 unspecified atom stereocenters. The van der Waals surface area contributed by atoms with Gasteiger partial charge < -0.3 is 14.6 Å². The van der Waals surface area contributed by atoms with Gasteiger partial charge in [-0.25, -0.2) is 4.79 Å². The van der Waals surface area contributed by atoms with Gasteiger partial charge in [-0.05, 0) is 44.0 Å². The predicted octanol–water partition coefficient (Wildman–Crippen LogP) is 5.03. The van der Waals surface area contributed by atoms with Crippen molar-refractivity contribution in [1.29, 1.82) is 0 Å². The molecule has 4 N–H and O–H groups in total. The summed E-state index contributed by atoms with van der Waals surface area (Å²) in [4.78, 5) is 9.34. The number of rotatable bonds is 9. The quantitative estimate of drug-likeness (QED) is 0.258. The van der Waals surface area contributed by atoms with Crippen LogP contribution < -0.4 is 10.2 Å². The average molecular weight is 415 g/mol. The Bertz CT molecular complexity index is 951. The fourth-order valence-electron chi connectivity index (χ4n) is 2.69. The van der Waals surface area contributed by atoms with Crippen LogP contribution in [-0.2, 0) is 4.74 Å². The summed E-state index contributed by atoms with van der Waals surface area (Å²) in [6, 6.07) is 13.3. The Kier molecular flexibility index (Phi) is 7.60. The Balaban J connectivity index is 2.36. The van der Waals surface area contributed by atoms with Gasteiger partial charge in [0.05, 0.1) is 12.7 Å². The fraction of sp³-hybridized carbons (Fsp3) is 0.227. The van der Waals surface area contributed by atoms with Gasteiger partial charge in [0.1, 0.15) is 22.1 Å². The van der Waals surface area contributed by atoms with Gasteiger partial charge in [-0.2, -0.15) is 5.43 Å². The van der Waals surface area contributed by atoms with Gasteiger partial charge >= 0.3 is 11.9 Å². The van der Waals surface area contributed by atoms with Crippen molar-refractivity contribution in [3.63, 3.8) is 0 Å². The molecule has 0 aliphatic carbocycles. The number of aromatic carboxylic acids is 1. The van der Waals surface area contributed by atoms with Gasteiger partial charge in [-0.1, -0.05) is 37.3 Å². The lowest BCUT2D eigenvalue weighted by molar-refractivity contribution is -1.21. The van der Waals surface area contributed by atoms with Crippen molar-refractivity contribution in [2.45, 2.75) is 27.2 Å². The number of nitrogens with zero attached hydrogens (tertiary/aromatic N) is 1. The number of nitrogens with one attached hydrogen (secondary N) is 1. The number of allylic oxidation sites excluding steroid dienone is 2. The van der Waals surface area contributed by atoms with Crippen LogP contribution in [0.15, 0.2) is 66.1 Å². The number of hydrogen-bond donors (Lipinski definition) is 4. The van der Waals surface area contributed by atoms with Gasteiger partial charge in [0.15, 0.2) is 0 Å². The molecule has 2 aromatic carbocycles. The average Bonchev–Trinajstić information content (AvgIpc) is 2.74. The van der Waals surface area contributed by atoms with Crippen molar-refractivity contribution in [2.24, 2.45) is 0 Å². The Morgan fingerprint density at radius 1 is 1.13 bits per heavy atom. The van der Waals surface area contributed by atoms with Crippen molar-refractivity contribution < 1.29 is 34.7 Å². The molecule has 0 bridgehead atoms. The lowest BCUT2D eigenvalue weighted by Gasteiger charge is -2.25. The number of carbonyl (C=O) groups is 1. The number of benzene rings is 2. The highest BCUT2D eigenvalue weighted by molar-refractivity contribution is 5.89. The molecule has 8 nitrogen and oxygen atoms in total. The minimum absolute atomic E-state index is 0.00162. The molecule has 2 rings (SSSR count). The molecule has 0 aromatic heterocycles. The molecule has 0 aliphatic heterocycles. The highest BCUT2D eigenvalue weighted by atomic mass is 16.9. The molecule has 0 saturated heterocycles. The number of carboxylic acids is 1. The topological polar surface area (TPSA) is 108 Å². The van der Waals surface area contributed by atoms with E-state index in [1.165, 1.54) is 31.4 Å². The molecule has 2 aromatic rings. The molecule has 0 radical (unpaired) electrons. The Labute approximate surface area is 175 Å². The van der Waals surface area contributed by atoms with E-state index in [4.69, 9.17) is 14.6 Å². The smallest absolute Gasteiger partial charge is 0.387 e. The van der Waals surface area contributed by atoms with Crippen molar-refractivity contribution in [1.82, 2.24) is 0 Å². The highest BCUT2D eigenvalue weighted by Gasteiger charge is 2.35. The van der Waals surface area contributed by atoms with Gasteiger partial charge in [0.2, 0.25) is 0 Å². The zero-order chi connectivity index (χ0) is 22.3. The van der Waals surface area contributed by atoms with Crippen LogP contribution in [0.2, 0.25) is 0 Å². The predicted molar refractivity (Wildman–Crippen MR) is 112 cm³/mol. The van der Waals surface area contributed by atoms with E-state index in [0.717, 1.165) is 11.1 Å². The summed E-state index contributed by atoms with van der Waals surface area (Å²) in [6.07, 6.45) is 2.12. The van der Waals surface area contributed by atoms with E-state index in [1.54, 1.807) is 6.92 Å². The first-order valence-corrected chi connectivity index (χ1v) is 9.37. The molecular weight excluding hydrogens is 388 g/mol. The monoisotopic (exact) mass is 415 g/mol. The third-order valence-corrected chi connectivity index (χ3v) is 4.44. The van der Waals surface area contributed by atoms with Crippen LogP contribution in [-0.4, -0.2) is 33.5 Å². The standard InChI is InChI=1S/C22H26N2O6/c1-5-15(3)21(16-10-8-7-9-11-16)30-20(6-2)24(27,28)23-18-13-12-17(22(25)26)14-19(18)29-4/h6-14,23,27-28H,5H2,1-4H3/p+1/b20-6-,21-15?. The molecule has 0 fully saturated rings. The van der Waals surface area contributed by atoms with Crippen molar-refractivity contribution >= 4 is 17.4 Å². The molecule has 160 valence electrons. The molecule has 0 saturated carbocycles. The Morgan fingerprint density at radius 2 is 1.80 bits per heavy atom. The second kappa shape index (κ2) is 9.93. The Hall–Kier alpha value is -3.33. The number of hydrogen-bond acceptors (Lipinski definition) is 6. The van der Waals surface area contributed by atoms with Crippen LogP contribution in [0.25, 0.3) is 5.76 Å². The first-order valence-electron chi connectivity index (χ1n) is 9.37. The molecule has 0 aliphatic rings. The van der Waals surface area contributed by atoms with Crippen molar-refractivity contribution in [3.8, 4) is 5.75 Å². The van der Waals surface area contributed by atoms with E-state index in [0.29, 0.717) is 12.2 Å². The zero-order valence-corrected chi connectivity index (χ0v) is 17.4. The van der Waals surface area contributed by atoms with E-state index in [9.17, 15) is 15.2 Å². The van der Waals surface area contributed by atoms with E-state index >= 15 is 0 Å². The number of hydroxylamine groups is 2. The summed E-state index contributed by atoms with van der Waals surface area (Å²) in [7, 11) is 1.35. The van der Waals surface area contributed by atoms with Crippen LogP contribution in [0, 0.1) is 0 Å². The lowest BCUT2D eigenvalue weighted by Crippen LogP contribution is -2.46. The van der Waals surface area contributed by atoms with Gasteiger partial charge in [-0.15, -0.1) is 10.4 Å². The number of quaternary nitrogens is 1. The third-order valence-electron chi connectivity index (χ3n) is 4.44. The van der Waals surface area contributed by atoms with Gasteiger partial charge in [0, 0.05) is 11.6 Å². The number of carboxylic acid groups (broad SMARTS) is 1. The van der Waals surface area contributed by atoms with Crippen LogP contribution in [0.1, 0.15) is 43.1 Å². The van der Waals surface area contributed by atoms with Gasteiger partial charge in [0.25, 0.3) is 0 Å². The second-order valence-corrected chi connectivity index (χ2v) is 6.49. The van der Waals surface area contributed by atoms with Crippen molar-refractivity contribution in [3.05, 3.63) is 77.2 Å². The van der Waals surface area contributed by atoms with Gasteiger partial charge in [-0.3, -0.25) is 0 Å². The van der Waals surface area contributed by atoms with E-state index in [2.05, 4.69) is 5.43 Å². The summed E-state index contributed by atoms with van der Waals surface area (Å²) >= 11 is 0. The van der Waals surface area contributed by atoms with Crippen molar-refractivity contribution in [2.75, 3.05) is 12.5 Å². The SMILES string of the molecule is C/C=C(\OC(=C(C)CC)c1ccccc1)[N+](O)(O)Nc1ccc(C(=O)O)cc1OC. The van der Waals surface area contributed by atoms with Crippen LogP contribution in [0.5, 0.6) is 5.75 Å². The van der Waals surface area contributed by atoms with Crippen LogP contribution >= 0.6 is 0 Å². The molecule has 0 amide bonds. The molecule has 0 spiro atoms. The lowest BCUT2D eigenvalue weighted by atomic mass is 10.1. The molecule has 30 heavy (non-hydrogen) atoms. The first-order chi connectivity index (χ1) is 14.2. The third kappa shape index (κ3) is 5.38. The number of anilines is 1. The second-order valence-electron chi connectivity index (χ2n) is 6.49. The molecular formula is C22H27N2O6+. The molecule has 8 heteroatoms. The molecule has 0 heterocycles. The minimum Gasteiger partial charge on any atom is -0.494 e. The largest absolute Gasteiger partial charge is 0.494 e. The number of methoxy groups -OCH3 is 1. The van der Waals surface area contributed by atoms with E-state index in [1.807, 2.05) is 44.2 Å². The fourth-order valence-corrected chi connectivity index (χ4v) is 2.69. The van der Waals surface area contributed by atoms with Crippen LogP contribution in [0.3, 0.4) is 0 Å². The normalized spacial score (nSPS) is 12.8. The summed E-state index contributed by atoms with van der Waals surface area (Å²) in [6.45, 7) is 5.48. The first kappa shape index (κ1) is 23.0. The summed E-state index contributed by atoms with van der Waals surface area (Å²) < 4.78 is 11.1. The van der Waals surface area contributed by atoms with E-state index < -0.39 is 10.9 Å². The summed E-state index contributed by atoms with van der Waals surface area (Å²) in [5.41, 5.74) is 4.36. The minimum atomic E-state index is -1.81. The number of ether oxygens (including phenoxy) is 2. The maximum Gasteiger partial charge on any atom is 0.387 e. The summed E-state index contributed by atoms with van der Waals surface area (Å²) in [5.74, 6) is -0.698. The van der Waals surface area contributed by atoms with E-state index in [-0.39, 0.29) is 22.9 Å². The Morgan fingerprint density at radius 3 is 2.33 bits per heavy atom. The molecule has 0 atom stereocenters. The maximum absolute atomic E-state index is 11.2.